The van der Waals surface area contributed by atoms with Crippen LogP contribution in [-0.2, 0) is 4.79 Å². The number of Topliss-reactive ketones (excluding diaryl/α,β-unsaturated/α-hetero) is 1. The van der Waals surface area contributed by atoms with Crippen molar-refractivity contribution in [3.8, 4) is 5.75 Å². The van der Waals surface area contributed by atoms with E-state index in [1.165, 1.54) is 19.2 Å². The van der Waals surface area contributed by atoms with E-state index in [9.17, 15) is 23.5 Å². The molecule has 5 rings (SSSR count). The van der Waals surface area contributed by atoms with Gasteiger partial charge in [-0.05, 0) is 43.3 Å². The minimum atomic E-state index is -1.36. The molecule has 2 aromatic heterocycles. The van der Waals surface area contributed by atoms with E-state index in [2.05, 4.69) is 0 Å². The molecule has 0 spiro atoms. The van der Waals surface area contributed by atoms with Gasteiger partial charge >= 0.3 is 0 Å². The van der Waals surface area contributed by atoms with Crippen LogP contribution in [-0.4, -0.2) is 23.9 Å². The summed E-state index contributed by atoms with van der Waals surface area (Å²) < 4.78 is 45.3. The van der Waals surface area contributed by atoms with Crippen molar-refractivity contribution in [1.29, 1.82) is 0 Å². The van der Waals surface area contributed by atoms with Crippen molar-refractivity contribution in [2.45, 2.75) is 13.0 Å². The molecule has 2 aromatic carbocycles. The number of halogens is 2. The van der Waals surface area contributed by atoms with E-state index in [1.807, 2.05) is 0 Å². The highest BCUT2D eigenvalue weighted by atomic mass is 19.1. The molecule has 1 aliphatic rings. The molecule has 0 aliphatic carbocycles. The molecule has 7 nitrogen and oxygen atoms in total. The van der Waals surface area contributed by atoms with Gasteiger partial charge in [-0.1, -0.05) is 12.1 Å². The van der Waals surface area contributed by atoms with E-state index < -0.39 is 40.8 Å². The fraction of sp³-hybridized carbons (Fsp3) is 0.120. The van der Waals surface area contributed by atoms with Crippen molar-refractivity contribution in [1.82, 2.24) is 0 Å². The Morgan fingerprint density at radius 1 is 1.09 bits per heavy atom. The van der Waals surface area contributed by atoms with E-state index in [1.54, 1.807) is 31.2 Å². The number of amides is 1. The van der Waals surface area contributed by atoms with Gasteiger partial charge in [0.25, 0.3) is 5.91 Å². The van der Waals surface area contributed by atoms with Gasteiger partial charge in [-0.25, -0.2) is 8.78 Å². The van der Waals surface area contributed by atoms with Crippen molar-refractivity contribution in [3.05, 3.63) is 94.8 Å². The maximum Gasteiger partial charge on any atom is 0.294 e. The molecule has 172 valence electrons. The number of hydrogen-bond acceptors (Lipinski definition) is 6. The molecule has 34 heavy (non-hydrogen) atoms. The van der Waals surface area contributed by atoms with Crippen molar-refractivity contribution < 1.29 is 37.0 Å². The zero-order valence-electron chi connectivity index (χ0n) is 18.0. The Kier molecular flexibility index (Phi) is 4.97. The first-order chi connectivity index (χ1) is 16.3. The Bertz CT molecular complexity index is 1500. The van der Waals surface area contributed by atoms with E-state index in [0.29, 0.717) is 22.5 Å². The highest BCUT2D eigenvalue weighted by molar-refractivity contribution is 6.20. The Hall–Kier alpha value is -4.40. The first-order valence-electron chi connectivity index (χ1n) is 10.2. The highest BCUT2D eigenvalue weighted by Gasteiger charge is 2.47. The Balaban J connectivity index is 1.68. The maximum absolute atomic E-state index is 14.7. The van der Waals surface area contributed by atoms with Crippen LogP contribution < -0.4 is 9.64 Å². The predicted octanol–water partition coefficient (Wildman–Crippen LogP) is 5.40. The number of aliphatic hydroxyl groups excluding tert-OH is 1. The number of ketones is 1. The molecule has 4 aromatic rings. The summed E-state index contributed by atoms with van der Waals surface area (Å²) in [7, 11) is 1.45. The fourth-order valence-electron chi connectivity index (χ4n) is 4.07. The topological polar surface area (TPSA) is 93.1 Å². The van der Waals surface area contributed by atoms with Crippen LogP contribution in [0.15, 0.2) is 74.8 Å². The van der Waals surface area contributed by atoms with Gasteiger partial charge in [0, 0.05) is 11.5 Å². The zero-order chi connectivity index (χ0) is 24.1. The third kappa shape index (κ3) is 3.24. The lowest BCUT2D eigenvalue weighted by molar-refractivity contribution is -0.117. The summed E-state index contributed by atoms with van der Waals surface area (Å²) in [6.45, 7) is 1.64. The quantitative estimate of drug-likeness (QED) is 0.397. The molecule has 1 aliphatic heterocycles. The Labute approximate surface area is 191 Å². The van der Waals surface area contributed by atoms with Crippen molar-refractivity contribution in [3.63, 3.8) is 0 Å². The average Bonchev–Trinajstić information content (AvgIpc) is 3.51. The van der Waals surface area contributed by atoms with Crippen LogP contribution in [0.1, 0.15) is 28.1 Å². The van der Waals surface area contributed by atoms with Gasteiger partial charge in [-0.3, -0.25) is 14.5 Å². The SMILES string of the molecule is COc1cccc2cc(C(=O)C3=C(O)C(=O)N(c4cc(F)ccc4F)C3c3ccc(C)o3)oc12. The molecular weight excluding hydrogens is 448 g/mol. The molecule has 0 saturated carbocycles. The van der Waals surface area contributed by atoms with Gasteiger partial charge in [0.05, 0.1) is 18.4 Å². The predicted molar refractivity (Wildman–Crippen MR) is 117 cm³/mol. The number of methoxy groups -OCH3 is 1. The molecule has 0 saturated heterocycles. The highest BCUT2D eigenvalue weighted by Crippen LogP contribution is 2.44. The van der Waals surface area contributed by atoms with E-state index in [-0.39, 0.29) is 17.1 Å². The molecule has 1 atom stereocenters. The van der Waals surface area contributed by atoms with Crippen molar-refractivity contribution >= 4 is 28.3 Å². The van der Waals surface area contributed by atoms with Gasteiger partial charge < -0.3 is 18.7 Å². The fourth-order valence-corrected chi connectivity index (χ4v) is 4.07. The minimum absolute atomic E-state index is 0.0793. The van der Waals surface area contributed by atoms with Crippen LogP contribution >= 0.6 is 0 Å². The second-order valence-corrected chi connectivity index (χ2v) is 7.70. The van der Waals surface area contributed by atoms with Crippen molar-refractivity contribution in [2.24, 2.45) is 0 Å². The third-order valence-electron chi connectivity index (χ3n) is 5.60. The number of ether oxygens (including phenoxy) is 1. The second-order valence-electron chi connectivity index (χ2n) is 7.70. The van der Waals surface area contributed by atoms with Gasteiger partial charge in [0.1, 0.15) is 29.2 Å². The van der Waals surface area contributed by atoms with Crippen LogP contribution in [0.5, 0.6) is 5.75 Å². The van der Waals surface area contributed by atoms with Crippen LogP contribution in [0.3, 0.4) is 0 Å². The van der Waals surface area contributed by atoms with E-state index >= 15 is 0 Å². The number of para-hydroxylation sites is 1. The lowest BCUT2D eigenvalue weighted by atomic mass is 9.99. The number of aliphatic hydroxyl groups is 1. The lowest BCUT2D eigenvalue weighted by Crippen LogP contribution is -2.31. The largest absolute Gasteiger partial charge is 0.503 e. The van der Waals surface area contributed by atoms with Gasteiger partial charge in [-0.15, -0.1) is 0 Å². The molecule has 1 unspecified atom stereocenters. The Morgan fingerprint density at radius 3 is 2.59 bits per heavy atom. The Morgan fingerprint density at radius 2 is 1.88 bits per heavy atom. The number of carbonyl (C=O) groups is 2. The number of carbonyl (C=O) groups excluding carboxylic acids is 2. The number of hydrogen-bond donors (Lipinski definition) is 1. The summed E-state index contributed by atoms with van der Waals surface area (Å²) in [5.41, 5.74) is -0.540. The summed E-state index contributed by atoms with van der Waals surface area (Å²) in [5.74, 6) is -3.80. The number of rotatable bonds is 5. The maximum atomic E-state index is 14.7. The molecule has 1 amide bonds. The first kappa shape index (κ1) is 21.4. The number of aryl methyl sites for hydroxylation is 1. The number of benzene rings is 2. The van der Waals surface area contributed by atoms with Crippen LogP contribution in [0.25, 0.3) is 11.0 Å². The molecule has 1 N–H and O–H groups in total. The molecular formula is C25H17F2NO6. The molecule has 0 radical (unpaired) electrons. The van der Waals surface area contributed by atoms with Crippen LogP contribution in [0.2, 0.25) is 0 Å². The number of furan rings is 2. The van der Waals surface area contributed by atoms with E-state index in [0.717, 1.165) is 23.1 Å². The monoisotopic (exact) mass is 465 g/mol. The summed E-state index contributed by atoms with van der Waals surface area (Å²) in [5, 5.41) is 11.3. The summed E-state index contributed by atoms with van der Waals surface area (Å²) in [6.07, 6.45) is 0. The molecule has 0 bridgehead atoms. The number of fused-ring (bicyclic) bond motifs is 1. The van der Waals surface area contributed by atoms with Crippen molar-refractivity contribution in [2.75, 3.05) is 12.0 Å². The van der Waals surface area contributed by atoms with E-state index in [4.69, 9.17) is 13.6 Å². The number of nitrogens with zero attached hydrogens (tertiary/aromatic N) is 1. The first-order valence-corrected chi connectivity index (χ1v) is 10.2. The van der Waals surface area contributed by atoms with Crippen LogP contribution in [0.4, 0.5) is 14.5 Å². The van der Waals surface area contributed by atoms with Gasteiger partial charge in [0.15, 0.2) is 22.9 Å². The van der Waals surface area contributed by atoms with Gasteiger partial charge in [0.2, 0.25) is 5.78 Å². The summed E-state index contributed by atoms with van der Waals surface area (Å²) in [4.78, 5) is 27.4. The van der Waals surface area contributed by atoms with Crippen LogP contribution in [0, 0.1) is 18.6 Å². The molecule has 0 fully saturated rings. The standard InChI is InChI=1S/C25H17F2NO6/c1-12-6-9-17(33-12)21-20(22(29)19-10-13-4-3-5-18(32-2)24(13)34-19)23(30)25(31)28(21)16-11-14(26)7-8-15(16)27/h3-11,21,30H,1-2H3. The molecule has 3 heterocycles. The molecule has 9 heteroatoms. The normalized spacial score (nSPS) is 16.1. The van der Waals surface area contributed by atoms with Gasteiger partial charge in [-0.2, -0.15) is 0 Å². The zero-order valence-corrected chi connectivity index (χ0v) is 18.0. The lowest BCUT2D eigenvalue weighted by Gasteiger charge is -2.25. The summed E-state index contributed by atoms with van der Waals surface area (Å²) in [6, 6.07) is 10.8. The summed E-state index contributed by atoms with van der Waals surface area (Å²) >= 11 is 0. The smallest absolute Gasteiger partial charge is 0.294 e. The number of anilines is 1. The minimum Gasteiger partial charge on any atom is -0.503 e. The second kappa shape index (κ2) is 7.87. The third-order valence-corrected chi connectivity index (χ3v) is 5.60. The average molecular weight is 465 g/mol.